The van der Waals surface area contributed by atoms with Gasteiger partial charge in [-0.15, -0.1) is 0 Å². The quantitative estimate of drug-likeness (QED) is 0.187. The summed E-state index contributed by atoms with van der Waals surface area (Å²) in [4.78, 5) is 74.6. The second-order valence-corrected chi connectivity index (χ2v) is 9.20. The van der Waals surface area contributed by atoms with E-state index in [1.165, 1.54) is 11.8 Å². The van der Waals surface area contributed by atoms with Crippen molar-refractivity contribution in [1.82, 2.24) is 15.5 Å². The zero-order valence-electron chi connectivity index (χ0n) is 21.7. The van der Waals surface area contributed by atoms with Gasteiger partial charge < -0.3 is 21.1 Å². The minimum absolute atomic E-state index is 0.0484. The lowest BCUT2D eigenvalue weighted by Gasteiger charge is -2.19. The van der Waals surface area contributed by atoms with Crippen LogP contribution in [-0.4, -0.2) is 59.0 Å². The average molecular weight is 537 g/mol. The predicted octanol–water partition coefficient (Wildman–Crippen LogP) is 1.45. The number of nitrogens with zero attached hydrogens (tertiary/aromatic N) is 1. The number of benzene rings is 2. The molecule has 2 aromatic rings. The van der Waals surface area contributed by atoms with Crippen LogP contribution in [0.2, 0.25) is 0 Å². The van der Waals surface area contributed by atoms with Crippen molar-refractivity contribution in [3.63, 3.8) is 0 Å². The Kier molecular flexibility index (Phi) is 10.3. The number of imide groups is 1. The molecule has 0 unspecified atom stereocenters. The number of esters is 1. The molecule has 1 aliphatic heterocycles. The summed E-state index contributed by atoms with van der Waals surface area (Å²) < 4.78 is 5.17. The third-order valence-electron chi connectivity index (χ3n) is 6.22. The van der Waals surface area contributed by atoms with Crippen molar-refractivity contribution in [3.05, 3.63) is 71.3 Å². The average Bonchev–Trinajstić information content (AvgIpc) is 3.17. The number of carbonyl (C=O) groups is 6. The summed E-state index contributed by atoms with van der Waals surface area (Å²) >= 11 is 0. The highest BCUT2D eigenvalue weighted by Crippen LogP contribution is 2.22. The first kappa shape index (κ1) is 29.0. The number of ether oxygens (including phenoxy) is 1. The van der Waals surface area contributed by atoms with E-state index in [2.05, 4.69) is 10.6 Å². The van der Waals surface area contributed by atoms with E-state index in [0.717, 1.165) is 5.56 Å². The van der Waals surface area contributed by atoms with E-state index in [0.29, 0.717) is 24.0 Å². The molecule has 0 radical (unpaired) electrons. The Morgan fingerprint density at radius 1 is 0.872 bits per heavy atom. The number of fused-ring (bicyclic) bond motifs is 1. The van der Waals surface area contributed by atoms with Gasteiger partial charge in [-0.1, -0.05) is 42.5 Å². The number of hydrogen-bond donors (Lipinski definition) is 3. The monoisotopic (exact) mass is 536 g/mol. The van der Waals surface area contributed by atoms with Gasteiger partial charge in [-0.2, -0.15) is 0 Å². The maximum atomic E-state index is 12.5. The number of unbranched alkanes of at least 4 members (excludes halogenated alkanes) is 1. The van der Waals surface area contributed by atoms with Crippen LogP contribution in [0.4, 0.5) is 0 Å². The van der Waals surface area contributed by atoms with Crippen molar-refractivity contribution in [2.24, 2.45) is 5.73 Å². The molecule has 1 aliphatic rings. The number of hydrogen-bond acceptors (Lipinski definition) is 7. The molecule has 2 atom stereocenters. The molecule has 2 aromatic carbocycles. The predicted molar refractivity (Wildman–Crippen MR) is 140 cm³/mol. The van der Waals surface area contributed by atoms with Crippen LogP contribution in [0.1, 0.15) is 65.3 Å². The molecule has 39 heavy (non-hydrogen) atoms. The summed E-state index contributed by atoms with van der Waals surface area (Å²) in [6.45, 7) is 1.73. The normalized spacial score (nSPS) is 13.8. The second kappa shape index (κ2) is 13.8. The maximum absolute atomic E-state index is 12.5. The lowest BCUT2D eigenvalue weighted by molar-refractivity contribution is -0.145. The smallest absolute Gasteiger partial charge is 0.306 e. The summed E-state index contributed by atoms with van der Waals surface area (Å²) in [7, 11) is 0. The van der Waals surface area contributed by atoms with Gasteiger partial charge in [-0.3, -0.25) is 33.7 Å². The molecule has 4 N–H and O–H groups in total. The van der Waals surface area contributed by atoms with Crippen LogP contribution in [0, 0.1) is 0 Å². The molecule has 3 rings (SSSR count). The summed E-state index contributed by atoms with van der Waals surface area (Å²) in [6, 6.07) is 13.6. The SMILES string of the molecule is C[C@H](NC(=O)CCCCN1C(=O)c2ccccc2C1=O)C(=O)N[C@H](CCC(=O)OCc1ccccc1)C(N)=O. The molecule has 0 saturated carbocycles. The molecule has 0 aliphatic carbocycles. The summed E-state index contributed by atoms with van der Waals surface area (Å²) in [5, 5.41) is 5.00. The maximum Gasteiger partial charge on any atom is 0.306 e. The summed E-state index contributed by atoms with van der Waals surface area (Å²) in [5.74, 6) is -3.08. The van der Waals surface area contributed by atoms with Crippen molar-refractivity contribution < 1.29 is 33.5 Å². The molecule has 5 amide bonds. The number of nitrogens with two attached hydrogens (primary N) is 1. The molecular weight excluding hydrogens is 504 g/mol. The van der Waals surface area contributed by atoms with Gasteiger partial charge in [0, 0.05) is 19.4 Å². The molecule has 206 valence electrons. The van der Waals surface area contributed by atoms with Crippen LogP contribution < -0.4 is 16.4 Å². The summed E-state index contributed by atoms with van der Waals surface area (Å²) in [5.41, 5.74) is 6.94. The van der Waals surface area contributed by atoms with Gasteiger partial charge in [0.1, 0.15) is 18.7 Å². The molecule has 0 aromatic heterocycles. The molecule has 11 heteroatoms. The van der Waals surface area contributed by atoms with Crippen molar-refractivity contribution in [2.75, 3.05) is 6.54 Å². The van der Waals surface area contributed by atoms with Gasteiger partial charge in [0.15, 0.2) is 0 Å². The standard InChI is InChI=1S/C28H32N4O7/c1-18(26(36)31-22(25(29)35)14-15-24(34)39-17-19-9-3-2-4-10-19)30-23(33)13-7-8-16-32-27(37)20-11-5-6-12-21(20)28(32)38/h2-6,9-12,18,22H,7-8,13-17H2,1H3,(H2,29,35)(H,30,33)(H,31,36)/t18-,22+/m0/s1. The van der Waals surface area contributed by atoms with Gasteiger partial charge in [0.2, 0.25) is 17.7 Å². The van der Waals surface area contributed by atoms with E-state index < -0.39 is 35.8 Å². The van der Waals surface area contributed by atoms with E-state index in [1.54, 1.807) is 24.3 Å². The Morgan fingerprint density at radius 3 is 2.10 bits per heavy atom. The van der Waals surface area contributed by atoms with Gasteiger partial charge in [-0.25, -0.2) is 0 Å². The van der Waals surface area contributed by atoms with E-state index in [4.69, 9.17) is 10.5 Å². The minimum Gasteiger partial charge on any atom is -0.461 e. The van der Waals surface area contributed by atoms with E-state index in [-0.39, 0.29) is 44.2 Å². The summed E-state index contributed by atoms with van der Waals surface area (Å²) in [6.07, 6.45) is 0.710. The van der Waals surface area contributed by atoms with Crippen LogP contribution in [-0.2, 0) is 30.5 Å². The van der Waals surface area contributed by atoms with Crippen molar-refractivity contribution >= 4 is 35.5 Å². The fourth-order valence-corrected chi connectivity index (χ4v) is 4.03. The van der Waals surface area contributed by atoms with E-state index >= 15 is 0 Å². The Balaban J connectivity index is 1.35. The topological polar surface area (TPSA) is 165 Å². The fourth-order valence-electron chi connectivity index (χ4n) is 4.03. The first-order valence-corrected chi connectivity index (χ1v) is 12.7. The first-order valence-electron chi connectivity index (χ1n) is 12.7. The van der Waals surface area contributed by atoms with Crippen LogP contribution in [0.3, 0.4) is 0 Å². The minimum atomic E-state index is -1.11. The van der Waals surface area contributed by atoms with Crippen molar-refractivity contribution in [1.29, 1.82) is 0 Å². The zero-order chi connectivity index (χ0) is 28.4. The molecule has 0 fully saturated rings. The number of rotatable bonds is 14. The van der Waals surface area contributed by atoms with Crippen LogP contribution in [0.15, 0.2) is 54.6 Å². The van der Waals surface area contributed by atoms with Crippen LogP contribution in [0.25, 0.3) is 0 Å². The molecule has 0 spiro atoms. The second-order valence-electron chi connectivity index (χ2n) is 9.20. The molecular formula is C28H32N4O7. The highest BCUT2D eigenvalue weighted by atomic mass is 16.5. The Bertz CT molecular complexity index is 1200. The Hall–Kier alpha value is -4.54. The molecule has 0 saturated heterocycles. The molecule has 11 nitrogen and oxygen atoms in total. The molecule has 1 heterocycles. The van der Waals surface area contributed by atoms with E-state index in [9.17, 15) is 28.8 Å². The van der Waals surface area contributed by atoms with Gasteiger partial charge in [-0.05, 0) is 43.9 Å². The van der Waals surface area contributed by atoms with E-state index in [1.807, 2.05) is 30.3 Å². The fraction of sp³-hybridized carbons (Fsp3) is 0.357. The third kappa shape index (κ3) is 8.22. The van der Waals surface area contributed by atoms with Gasteiger partial charge in [0.25, 0.3) is 11.8 Å². The number of amides is 5. The van der Waals surface area contributed by atoms with Crippen molar-refractivity contribution in [3.8, 4) is 0 Å². The van der Waals surface area contributed by atoms with Crippen molar-refractivity contribution in [2.45, 2.75) is 57.7 Å². The number of primary amides is 1. The highest BCUT2D eigenvalue weighted by Gasteiger charge is 2.34. The number of nitrogens with one attached hydrogen (secondary N) is 2. The Morgan fingerprint density at radius 2 is 1.49 bits per heavy atom. The molecule has 0 bridgehead atoms. The third-order valence-corrected chi connectivity index (χ3v) is 6.22. The Labute approximate surface area is 226 Å². The van der Waals surface area contributed by atoms with Crippen LogP contribution in [0.5, 0.6) is 0 Å². The first-order chi connectivity index (χ1) is 18.7. The largest absolute Gasteiger partial charge is 0.461 e. The lowest BCUT2D eigenvalue weighted by atomic mass is 10.1. The van der Waals surface area contributed by atoms with Gasteiger partial charge >= 0.3 is 5.97 Å². The highest BCUT2D eigenvalue weighted by molar-refractivity contribution is 6.21. The number of carbonyl (C=O) groups excluding carboxylic acids is 6. The lowest BCUT2D eigenvalue weighted by Crippen LogP contribution is -2.52. The zero-order valence-corrected chi connectivity index (χ0v) is 21.7. The van der Waals surface area contributed by atoms with Gasteiger partial charge in [0.05, 0.1) is 11.1 Å². The van der Waals surface area contributed by atoms with Crippen LogP contribution >= 0.6 is 0 Å².